The molecule has 6 heteroatoms. The van der Waals surface area contributed by atoms with E-state index < -0.39 is 0 Å². The predicted octanol–water partition coefficient (Wildman–Crippen LogP) is 0.515. The van der Waals surface area contributed by atoms with Crippen LogP contribution in [0.1, 0.15) is 6.92 Å². The number of H-pyrrole nitrogens is 1. The van der Waals surface area contributed by atoms with Crippen LogP contribution < -0.4 is 10.5 Å². The molecule has 1 aromatic heterocycles. The van der Waals surface area contributed by atoms with Crippen LogP contribution in [0.2, 0.25) is 0 Å². The molecule has 2 rings (SSSR count). The van der Waals surface area contributed by atoms with E-state index in [1.807, 2.05) is 0 Å². The van der Waals surface area contributed by atoms with Gasteiger partial charge in [-0.15, -0.1) is 0 Å². The number of nitrogens with zero attached hydrogens (tertiary/aromatic N) is 3. The van der Waals surface area contributed by atoms with Crippen LogP contribution >= 0.6 is 22.6 Å². The van der Waals surface area contributed by atoms with Gasteiger partial charge in [-0.3, -0.25) is 4.79 Å². The Kier molecular flexibility index (Phi) is 3.48. The minimum atomic E-state index is -0.0582. The van der Waals surface area contributed by atoms with E-state index in [0.717, 1.165) is 25.5 Å². The first-order chi connectivity index (χ1) is 7.59. The molecule has 1 aromatic rings. The van der Waals surface area contributed by atoms with E-state index in [1.165, 1.54) is 6.33 Å². The van der Waals surface area contributed by atoms with Crippen LogP contribution in [0.5, 0.6) is 0 Å². The fourth-order valence-electron chi connectivity index (χ4n) is 1.83. The molecule has 1 fully saturated rings. The van der Waals surface area contributed by atoms with Crippen LogP contribution in [-0.2, 0) is 0 Å². The summed E-state index contributed by atoms with van der Waals surface area (Å²) in [6, 6.07) is 0.491. The van der Waals surface area contributed by atoms with Crippen LogP contribution in [0, 0.1) is 3.57 Å². The van der Waals surface area contributed by atoms with E-state index in [2.05, 4.69) is 56.3 Å². The molecule has 0 amide bonds. The average molecular weight is 334 g/mol. The Bertz CT molecular complexity index is 433. The van der Waals surface area contributed by atoms with Gasteiger partial charge < -0.3 is 14.8 Å². The first kappa shape index (κ1) is 11.8. The molecular weight excluding hydrogens is 319 g/mol. The molecule has 88 valence electrons. The summed E-state index contributed by atoms with van der Waals surface area (Å²) in [5, 5.41) is 0. The molecule has 5 nitrogen and oxygen atoms in total. The number of rotatable bonds is 1. The zero-order valence-electron chi connectivity index (χ0n) is 9.40. The molecule has 0 aromatic carbocycles. The van der Waals surface area contributed by atoms with E-state index in [1.54, 1.807) is 0 Å². The minimum absolute atomic E-state index is 0.0582. The summed E-state index contributed by atoms with van der Waals surface area (Å²) in [6.07, 6.45) is 1.48. The maximum absolute atomic E-state index is 11.5. The highest BCUT2D eigenvalue weighted by Gasteiger charge is 2.23. The van der Waals surface area contributed by atoms with Gasteiger partial charge >= 0.3 is 0 Å². The molecule has 0 bridgehead atoms. The second-order valence-electron chi connectivity index (χ2n) is 4.14. The molecular formula is C10H15IN4O. The van der Waals surface area contributed by atoms with Crippen molar-refractivity contribution in [1.29, 1.82) is 0 Å². The largest absolute Gasteiger partial charge is 0.353 e. The summed E-state index contributed by atoms with van der Waals surface area (Å²) in [4.78, 5) is 22.8. The molecule has 1 unspecified atom stereocenters. The second-order valence-corrected chi connectivity index (χ2v) is 5.22. The van der Waals surface area contributed by atoms with Gasteiger partial charge in [0.1, 0.15) is 9.39 Å². The minimum Gasteiger partial charge on any atom is -0.353 e. The van der Waals surface area contributed by atoms with Gasteiger partial charge in [0.15, 0.2) is 0 Å². The molecule has 0 saturated carbocycles. The third-order valence-electron chi connectivity index (χ3n) is 3.04. The standard InChI is InChI=1S/C10H15IN4O/c1-7-5-15(4-3-14(7)2)9-8(11)10(16)13-6-12-9/h6-7H,3-5H2,1-2H3,(H,12,13,16). The summed E-state index contributed by atoms with van der Waals surface area (Å²) in [5.41, 5.74) is -0.0582. The fourth-order valence-corrected chi connectivity index (χ4v) is 2.47. The number of aromatic nitrogens is 2. The van der Waals surface area contributed by atoms with Gasteiger partial charge in [-0.05, 0) is 36.6 Å². The topological polar surface area (TPSA) is 52.2 Å². The van der Waals surface area contributed by atoms with E-state index in [9.17, 15) is 4.79 Å². The molecule has 1 aliphatic heterocycles. The summed E-state index contributed by atoms with van der Waals surface area (Å²) in [6.45, 7) is 5.04. The zero-order chi connectivity index (χ0) is 11.7. The Hall–Kier alpha value is -0.630. The van der Waals surface area contributed by atoms with Crippen molar-refractivity contribution in [3.63, 3.8) is 0 Å². The molecule has 1 atom stereocenters. The molecule has 2 heterocycles. The van der Waals surface area contributed by atoms with Crippen molar-refractivity contribution in [3.05, 3.63) is 20.3 Å². The van der Waals surface area contributed by atoms with Crippen molar-refractivity contribution in [3.8, 4) is 0 Å². The summed E-state index contributed by atoms with van der Waals surface area (Å²) < 4.78 is 0.678. The zero-order valence-corrected chi connectivity index (χ0v) is 11.6. The average Bonchev–Trinajstić information content (AvgIpc) is 2.26. The van der Waals surface area contributed by atoms with Gasteiger partial charge in [-0.25, -0.2) is 4.98 Å². The first-order valence-electron chi connectivity index (χ1n) is 5.28. The molecule has 0 radical (unpaired) electrons. The third kappa shape index (κ3) is 2.22. The van der Waals surface area contributed by atoms with Crippen LogP contribution in [0.4, 0.5) is 5.82 Å². The van der Waals surface area contributed by atoms with Gasteiger partial charge in [0.2, 0.25) is 0 Å². The smallest absolute Gasteiger partial charge is 0.266 e. The number of hydrogen-bond donors (Lipinski definition) is 1. The van der Waals surface area contributed by atoms with Crippen molar-refractivity contribution in [1.82, 2.24) is 14.9 Å². The monoisotopic (exact) mass is 334 g/mol. The van der Waals surface area contributed by atoms with Crippen molar-refractivity contribution in [2.24, 2.45) is 0 Å². The molecule has 1 N–H and O–H groups in total. The molecule has 1 aliphatic rings. The van der Waals surface area contributed by atoms with Gasteiger partial charge in [-0.1, -0.05) is 0 Å². The Morgan fingerprint density at radius 1 is 1.56 bits per heavy atom. The maximum atomic E-state index is 11.5. The number of likely N-dealkylation sites (N-methyl/N-ethyl adjacent to an activating group) is 1. The molecule has 1 saturated heterocycles. The van der Waals surface area contributed by atoms with Crippen molar-refractivity contribution < 1.29 is 0 Å². The molecule has 0 aliphatic carbocycles. The summed E-state index contributed by atoms with van der Waals surface area (Å²) in [5.74, 6) is 0.810. The third-order valence-corrected chi connectivity index (χ3v) is 4.01. The van der Waals surface area contributed by atoms with Gasteiger partial charge in [-0.2, -0.15) is 0 Å². The van der Waals surface area contributed by atoms with Crippen LogP contribution in [0.15, 0.2) is 11.1 Å². The van der Waals surface area contributed by atoms with E-state index >= 15 is 0 Å². The Balaban J connectivity index is 2.25. The number of anilines is 1. The quantitative estimate of drug-likeness (QED) is 0.761. The van der Waals surface area contributed by atoms with Gasteiger partial charge in [0.25, 0.3) is 5.56 Å². The lowest BCUT2D eigenvalue weighted by Gasteiger charge is -2.38. The normalized spacial score (nSPS) is 22.4. The van der Waals surface area contributed by atoms with Crippen molar-refractivity contribution >= 4 is 28.4 Å². The fraction of sp³-hybridized carbons (Fsp3) is 0.600. The van der Waals surface area contributed by atoms with Crippen molar-refractivity contribution in [2.75, 3.05) is 31.6 Å². The molecule has 16 heavy (non-hydrogen) atoms. The van der Waals surface area contributed by atoms with E-state index in [0.29, 0.717) is 9.61 Å². The second kappa shape index (κ2) is 4.70. The highest BCUT2D eigenvalue weighted by molar-refractivity contribution is 14.1. The first-order valence-corrected chi connectivity index (χ1v) is 6.36. The number of halogens is 1. The Labute approximate surface area is 108 Å². The maximum Gasteiger partial charge on any atom is 0.266 e. The number of aromatic amines is 1. The van der Waals surface area contributed by atoms with Crippen molar-refractivity contribution in [2.45, 2.75) is 13.0 Å². The van der Waals surface area contributed by atoms with Gasteiger partial charge in [0, 0.05) is 25.7 Å². The Morgan fingerprint density at radius 3 is 3.00 bits per heavy atom. The lowest BCUT2D eigenvalue weighted by molar-refractivity contribution is 0.233. The number of nitrogens with one attached hydrogen (secondary N) is 1. The summed E-state index contributed by atoms with van der Waals surface area (Å²) >= 11 is 2.06. The van der Waals surface area contributed by atoms with E-state index in [-0.39, 0.29) is 5.56 Å². The highest BCUT2D eigenvalue weighted by Crippen LogP contribution is 2.18. The summed E-state index contributed by atoms with van der Waals surface area (Å²) in [7, 11) is 2.12. The van der Waals surface area contributed by atoms with Crippen LogP contribution in [0.25, 0.3) is 0 Å². The van der Waals surface area contributed by atoms with Gasteiger partial charge in [0.05, 0.1) is 6.33 Å². The number of hydrogen-bond acceptors (Lipinski definition) is 4. The highest BCUT2D eigenvalue weighted by atomic mass is 127. The number of piperazine rings is 1. The molecule has 0 spiro atoms. The van der Waals surface area contributed by atoms with Crippen LogP contribution in [0.3, 0.4) is 0 Å². The lowest BCUT2D eigenvalue weighted by Crippen LogP contribution is -2.50. The Morgan fingerprint density at radius 2 is 2.31 bits per heavy atom. The van der Waals surface area contributed by atoms with E-state index in [4.69, 9.17) is 0 Å². The predicted molar refractivity (Wildman–Crippen MR) is 71.9 cm³/mol. The SMILES string of the molecule is CC1CN(c2nc[nH]c(=O)c2I)CCN1C. The lowest BCUT2D eigenvalue weighted by atomic mass is 10.2. The van der Waals surface area contributed by atoms with Crippen LogP contribution in [-0.4, -0.2) is 47.6 Å².